The summed E-state index contributed by atoms with van der Waals surface area (Å²) in [5, 5.41) is 0. The monoisotopic (exact) mass is 334 g/mol. The van der Waals surface area contributed by atoms with Crippen molar-refractivity contribution in [3.8, 4) is 0 Å². The van der Waals surface area contributed by atoms with Gasteiger partial charge in [0.15, 0.2) is 9.84 Å². The molecule has 2 rings (SSSR count). The van der Waals surface area contributed by atoms with E-state index in [4.69, 9.17) is 0 Å². The van der Waals surface area contributed by atoms with Crippen molar-refractivity contribution in [3.63, 3.8) is 0 Å². The van der Waals surface area contributed by atoms with Gasteiger partial charge in [-0.25, -0.2) is 8.42 Å². The van der Waals surface area contributed by atoms with Crippen molar-refractivity contribution in [2.75, 3.05) is 5.75 Å². The number of hydrogen-bond donors (Lipinski definition) is 0. The number of benzene rings is 2. The van der Waals surface area contributed by atoms with E-state index in [0.717, 1.165) is 16.9 Å². The highest BCUT2D eigenvalue weighted by Gasteiger charge is 2.31. The van der Waals surface area contributed by atoms with Crippen LogP contribution in [-0.2, 0) is 9.84 Å². The van der Waals surface area contributed by atoms with Gasteiger partial charge in [-0.1, -0.05) is 42.8 Å². The molecule has 0 fully saturated rings. The molecule has 0 spiro atoms. The van der Waals surface area contributed by atoms with Crippen LogP contribution in [0.1, 0.15) is 25.8 Å². The molecule has 0 aliphatic rings. The minimum Gasteiger partial charge on any atom is -0.224 e. The van der Waals surface area contributed by atoms with E-state index in [1.165, 1.54) is 0 Å². The van der Waals surface area contributed by atoms with Crippen LogP contribution in [0, 0.1) is 6.92 Å². The van der Waals surface area contributed by atoms with Crippen LogP contribution in [0.2, 0.25) is 0 Å². The van der Waals surface area contributed by atoms with Crippen LogP contribution in [0.3, 0.4) is 0 Å². The Balaban J connectivity index is 2.22. The summed E-state index contributed by atoms with van der Waals surface area (Å²) in [6.07, 6.45) is 0.789. The summed E-state index contributed by atoms with van der Waals surface area (Å²) >= 11 is 1.64. The molecule has 1 atom stereocenters. The summed E-state index contributed by atoms with van der Waals surface area (Å²) in [5.74, 6) is 0.138. The lowest BCUT2D eigenvalue weighted by Gasteiger charge is -2.27. The van der Waals surface area contributed by atoms with Crippen molar-refractivity contribution in [2.45, 2.75) is 41.7 Å². The normalized spacial score (nSPS) is 14.5. The maximum absolute atomic E-state index is 12.7. The lowest BCUT2D eigenvalue weighted by molar-refractivity contribution is 0.579. The molecular formula is C18H22O2S2. The molecule has 0 bridgehead atoms. The van der Waals surface area contributed by atoms with E-state index in [1.807, 2.05) is 63.2 Å². The molecule has 0 heterocycles. The van der Waals surface area contributed by atoms with Gasteiger partial charge < -0.3 is 0 Å². The molecule has 0 aliphatic heterocycles. The SMILES string of the molecule is CCC(C)(CS(=O)(=O)c1ccc(C)cc1)Sc1ccccc1. The molecular weight excluding hydrogens is 312 g/mol. The summed E-state index contributed by atoms with van der Waals surface area (Å²) in [4.78, 5) is 1.51. The zero-order chi connectivity index (χ0) is 16.2. The topological polar surface area (TPSA) is 34.1 Å². The summed E-state index contributed by atoms with van der Waals surface area (Å²) in [6, 6.07) is 17.1. The average Bonchev–Trinajstić information content (AvgIpc) is 2.48. The Labute approximate surface area is 137 Å². The first-order valence-corrected chi connectivity index (χ1v) is 9.85. The minimum atomic E-state index is -3.29. The second kappa shape index (κ2) is 6.88. The maximum atomic E-state index is 12.7. The van der Waals surface area contributed by atoms with E-state index < -0.39 is 9.84 Å². The third-order valence-corrected chi connectivity index (χ3v) is 7.35. The van der Waals surface area contributed by atoms with Gasteiger partial charge >= 0.3 is 0 Å². The Kier molecular flexibility index (Phi) is 5.35. The van der Waals surface area contributed by atoms with Gasteiger partial charge in [-0.15, -0.1) is 11.8 Å². The molecule has 0 saturated heterocycles. The molecule has 2 nitrogen and oxygen atoms in total. The maximum Gasteiger partial charge on any atom is 0.179 e. The molecule has 0 N–H and O–H groups in total. The molecule has 118 valence electrons. The van der Waals surface area contributed by atoms with Gasteiger partial charge in [0.2, 0.25) is 0 Å². The van der Waals surface area contributed by atoms with Crippen molar-refractivity contribution >= 4 is 21.6 Å². The van der Waals surface area contributed by atoms with E-state index in [1.54, 1.807) is 23.9 Å². The van der Waals surface area contributed by atoms with Gasteiger partial charge in [-0.3, -0.25) is 0 Å². The average molecular weight is 335 g/mol. The van der Waals surface area contributed by atoms with Gasteiger partial charge in [0, 0.05) is 9.64 Å². The molecule has 0 saturated carbocycles. The smallest absolute Gasteiger partial charge is 0.179 e. The second-order valence-corrected chi connectivity index (χ2v) is 9.44. The highest BCUT2D eigenvalue weighted by molar-refractivity contribution is 8.02. The number of hydrogen-bond acceptors (Lipinski definition) is 3. The molecule has 4 heteroatoms. The molecule has 2 aromatic carbocycles. The molecule has 0 amide bonds. The van der Waals surface area contributed by atoms with Crippen molar-refractivity contribution in [1.82, 2.24) is 0 Å². The first-order chi connectivity index (χ1) is 10.3. The zero-order valence-electron chi connectivity index (χ0n) is 13.2. The Morgan fingerprint density at radius 1 is 1.00 bits per heavy atom. The van der Waals surface area contributed by atoms with E-state index in [-0.39, 0.29) is 10.5 Å². The lowest BCUT2D eigenvalue weighted by atomic mass is 10.1. The van der Waals surface area contributed by atoms with E-state index >= 15 is 0 Å². The fraction of sp³-hybridized carbons (Fsp3) is 0.333. The summed E-state index contributed by atoms with van der Waals surface area (Å²) in [7, 11) is -3.29. The standard InChI is InChI=1S/C18H22O2S2/c1-4-18(3,21-16-8-6-5-7-9-16)14-22(19,20)17-12-10-15(2)11-13-17/h5-13H,4,14H2,1-3H3. The molecule has 0 radical (unpaired) electrons. The van der Waals surface area contributed by atoms with Crippen LogP contribution in [-0.4, -0.2) is 18.9 Å². The van der Waals surface area contributed by atoms with E-state index in [0.29, 0.717) is 4.90 Å². The third kappa shape index (κ3) is 4.37. The first-order valence-electron chi connectivity index (χ1n) is 7.38. The van der Waals surface area contributed by atoms with Crippen molar-refractivity contribution < 1.29 is 8.42 Å². The Morgan fingerprint density at radius 3 is 2.14 bits per heavy atom. The molecule has 0 aliphatic carbocycles. The molecule has 1 unspecified atom stereocenters. The van der Waals surface area contributed by atoms with Crippen LogP contribution in [0.4, 0.5) is 0 Å². The van der Waals surface area contributed by atoms with Gasteiger partial charge in [0.1, 0.15) is 0 Å². The van der Waals surface area contributed by atoms with Crippen LogP contribution in [0.5, 0.6) is 0 Å². The predicted molar refractivity (Wildman–Crippen MR) is 94.2 cm³/mol. The van der Waals surface area contributed by atoms with E-state index in [9.17, 15) is 8.42 Å². The second-order valence-electron chi connectivity index (χ2n) is 5.79. The number of thioether (sulfide) groups is 1. The van der Waals surface area contributed by atoms with Crippen LogP contribution < -0.4 is 0 Å². The highest BCUT2D eigenvalue weighted by Crippen LogP contribution is 2.37. The summed E-state index contributed by atoms with van der Waals surface area (Å²) in [5.41, 5.74) is 1.07. The number of aryl methyl sites for hydroxylation is 1. The van der Waals surface area contributed by atoms with E-state index in [2.05, 4.69) is 0 Å². The molecule has 22 heavy (non-hydrogen) atoms. The fourth-order valence-electron chi connectivity index (χ4n) is 2.21. The van der Waals surface area contributed by atoms with Gasteiger partial charge in [-0.05, 0) is 44.5 Å². The van der Waals surface area contributed by atoms with Crippen LogP contribution >= 0.6 is 11.8 Å². The van der Waals surface area contributed by atoms with Crippen molar-refractivity contribution in [3.05, 3.63) is 60.2 Å². The first kappa shape index (κ1) is 17.1. The minimum absolute atomic E-state index is 0.138. The Morgan fingerprint density at radius 2 is 1.59 bits per heavy atom. The van der Waals surface area contributed by atoms with Gasteiger partial charge in [0.05, 0.1) is 10.6 Å². The predicted octanol–water partition coefficient (Wildman–Crippen LogP) is 4.73. The van der Waals surface area contributed by atoms with Crippen LogP contribution in [0.25, 0.3) is 0 Å². The van der Waals surface area contributed by atoms with Crippen LogP contribution in [0.15, 0.2) is 64.4 Å². The summed E-state index contributed by atoms with van der Waals surface area (Å²) < 4.78 is 25.0. The Bertz CT molecular complexity index is 707. The van der Waals surface area contributed by atoms with Crippen molar-refractivity contribution in [2.24, 2.45) is 0 Å². The third-order valence-electron chi connectivity index (χ3n) is 3.73. The molecule has 2 aromatic rings. The fourth-order valence-corrected chi connectivity index (χ4v) is 5.64. The Hall–Kier alpha value is -1.26. The largest absolute Gasteiger partial charge is 0.224 e. The highest BCUT2D eigenvalue weighted by atomic mass is 32.2. The summed E-state index contributed by atoms with van der Waals surface area (Å²) in [6.45, 7) is 6.02. The van der Waals surface area contributed by atoms with Crippen molar-refractivity contribution in [1.29, 1.82) is 0 Å². The number of rotatable bonds is 6. The zero-order valence-corrected chi connectivity index (χ0v) is 14.9. The van der Waals surface area contributed by atoms with Gasteiger partial charge in [0.25, 0.3) is 0 Å². The molecule has 0 aromatic heterocycles. The lowest BCUT2D eigenvalue weighted by Crippen LogP contribution is -2.30. The van der Waals surface area contributed by atoms with Gasteiger partial charge in [-0.2, -0.15) is 0 Å². The number of sulfone groups is 1. The quantitative estimate of drug-likeness (QED) is 0.716.